The zero-order valence-electron chi connectivity index (χ0n) is 10.5. The van der Waals surface area contributed by atoms with E-state index in [0.717, 1.165) is 5.92 Å². The van der Waals surface area contributed by atoms with Gasteiger partial charge >= 0.3 is 0 Å². The average Bonchev–Trinajstić information content (AvgIpc) is 1.98. The minimum Gasteiger partial charge on any atom is -0.286 e. The van der Waals surface area contributed by atoms with Gasteiger partial charge in [-0.3, -0.25) is 9.11 Å². The summed E-state index contributed by atoms with van der Waals surface area (Å²) in [5.74, 6) is 1.04. The van der Waals surface area contributed by atoms with Crippen molar-refractivity contribution in [2.45, 2.75) is 39.0 Å². The van der Waals surface area contributed by atoms with E-state index in [1.54, 1.807) is 0 Å². The van der Waals surface area contributed by atoms with Crippen molar-refractivity contribution in [2.75, 3.05) is 12.5 Å². The third-order valence-electron chi connectivity index (χ3n) is 1.89. The predicted octanol–water partition coefficient (Wildman–Crippen LogP) is 1.59. The molecule has 1 rings (SSSR count). The van der Waals surface area contributed by atoms with Crippen LogP contribution in [0.3, 0.4) is 0 Å². The second kappa shape index (κ2) is 8.84. The van der Waals surface area contributed by atoms with Crippen LogP contribution in [0.4, 0.5) is 0 Å². The Bertz CT molecular complexity index is 318. The van der Waals surface area contributed by atoms with Gasteiger partial charge in [0.25, 0.3) is 20.2 Å². The van der Waals surface area contributed by atoms with E-state index in [1.165, 1.54) is 32.1 Å². The maximum absolute atomic E-state index is 9.19. The van der Waals surface area contributed by atoms with E-state index in [0.29, 0.717) is 12.5 Å². The molecular weight excluding hydrogens is 268 g/mol. The summed E-state index contributed by atoms with van der Waals surface area (Å²) in [4.78, 5) is 0. The SMILES string of the molecule is CC1CCCCC1.CS(=O)(=O)O.CS(=O)(=O)O. The van der Waals surface area contributed by atoms with E-state index in [1.807, 2.05) is 0 Å². The Hall–Kier alpha value is -0.180. The Kier molecular flexibility index (Phi) is 9.97. The van der Waals surface area contributed by atoms with Gasteiger partial charge < -0.3 is 0 Å². The van der Waals surface area contributed by atoms with Gasteiger partial charge in [0.15, 0.2) is 0 Å². The van der Waals surface area contributed by atoms with Crippen LogP contribution in [-0.2, 0) is 20.2 Å². The van der Waals surface area contributed by atoms with E-state index in [-0.39, 0.29) is 0 Å². The summed E-state index contributed by atoms with van der Waals surface area (Å²) in [7, 11) is -7.33. The Balaban J connectivity index is 0. The molecule has 106 valence electrons. The quantitative estimate of drug-likeness (QED) is 0.656. The van der Waals surface area contributed by atoms with Crippen molar-refractivity contribution in [1.29, 1.82) is 0 Å². The molecule has 0 radical (unpaired) electrons. The first-order chi connectivity index (χ1) is 7.39. The Morgan fingerprint density at radius 2 is 1.06 bits per heavy atom. The van der Waals surface area contributed by atoms with Gasteiger partial charge in [-0.25, -0.2) is 0 Å². The van der Waals surface area contributed by atoms with Crippen LogP contribution in [0.2, 0.25) is 0 Å². The number of hydrogen-bond donors (Lipinski definition) is 2. The zero-order valence-corrected chi connectivity index (χ0v) is 12.1. The van der Waals surface area contributed by atoms with Crippen LogP contribution in [0.1, 0.15) is 39.0 Å². The summed E-state index contributed by atoms with van der Waals surface area (Å²) in [5, 5.41) is 0. The molecule has 0 aromatic carbocycles. The molecule has 0 aliphatic heterocycles. The summed E-state index contributed by atoms with van der Waals surface area (Å²) in [6.45, 7) is 2.36. The lowest BCUT2D eigenvalue weighted by Crippen LogP contribution is -1.99. The number of rotatable bonds is 0. The number of hydrogen-bond acceptors (Lipinski definition) is 4. The molecule has 1 saturated carbocycles. The van der Waals surface area contributed by atoms with Crippen LogP contribution in [0.15, 0.2) is 0 Å². The molecule has 1 fully saturated rings. The molecule has 0 unspecified atom stereocenters. The highest BCUT2D eigenvalue weighted by Gasteiger charge is 2.05. The first-order valence-corrected chi connectivity index (χ1v) is 8.94. The van der Waals surface area contributed by atoms with Crippen molar-refractivity contribution in [2.24, 2.45) is 5.92 Å². The van der Waals surface area contributed by atoms with Crippen molar-refractivity contribution in [3.63, 3.8) is 0 Å². The molecule has 6 nitrogen and oxygen atoms in total. The lowest BCUT2D eigenvalue weighted by Gasteiger charge is -2.15. The van der Waals surface area contributed by atoms with Crippen molar-refractivity contribution in [3.05, 3.63) is 0 Å². The molecule has 0 heterocycles. The summed E-state index contributed by atoms with van der Waals surface area (Å²) >= 11 is 0. The van der Waals surface area contributed by atoms with Crippen LogP contribution in [0, 0.1) is 5.92 Å². The third-order valence-corrected chi connectivity index (χ3v) is 1.89. The molecule has 1 aliphatic rings. The Labute approximate surface area is 104 Å². The largest absolute Gasteiger partial charge is 0.286 e. The highest BCUT2D eigenvalue weighted by atomic mass is 32.2. The van der Waals surface area contributed by atoms with Crippen LogP contribution in [0.25, 0.3) is 0 Å². The first-order valence-electron chi connectivity index (χ1n) is 5.24. The average molecular weight is 290 g/mol. The van der Waals surface area contributed by atoms with Crippen molar-refractivity contribution in [1.82, 2.24) is 0 Å². The molecule has 1 aliphatic carbocycles. The molecule has 0 aromatic heterocycles. The standard InChI is InChI=1S/C7H14.2CH4O3S/c1-7-5-3-2-4-6-7;2*1-5(2,3)4/h7H,2-6H2,1H3;2*1H3,(H,2,3,4). The fourth-order valence-electron chi connectivity index (χ4n) is 1.31. The smallest absolute Gasteiger partial charge is 0.261 e. The van der Waals surface area contributed by atoms with Crippen molar-refractivity contribution >= 4 is 20.2 Å². The van der Waals surface area contributed by atoms with E-state index in [2.05, 4.69) is 6.92 Å². The summed E-state index contributed by atoms with van der Waals surface area (Å²) in [6.07, 6.45) is 8.87. The van der Waals surface area contributed by atoms with E-state index in [9.17, 15) is 16.8 Å². The minimum atomic E-state index is -3.67. The fourth-order valence-corrected chi connectivity index (χ4v) is 1.31. The molecule has 0 spiro atoms. The molecule has 0 aromatic rings. The topological polar surface area (TPSA) is 109 Å². The molecule has 0 bridgehead atoms. The van der Waals surface area contributed by atoms with Gasteiger partial charge in [-0.1, -0.05) is 39.0 Å². The molecule has 8 heteroatoms. The van der Waals surface area contributed by atoms with Gasteiger partial charge in [-0.2, -0.15) is 16.8 Å². The molecular formula is C9H22O6S2. The normalized spacial score (nSPS) is 17.2. The van der Waals surface area contributed by atoms with Crippen molar-refractivity contribution in [3.8, 4) is 0 Å². The fraction of sp³-hybridized carbons (Fsp3) is 1.00. The van der Waals surface area contributed by atoms with Gasteiger partial charge in [-0.05, 0) is 5.92 Å². The second-order valence-electron chi connectivity index (χ2n) is 4.21. The molecule has 2 N–H and O–H groups in total. The monoisotopic (exact) mass is 290 g/mol. The maximum Gasteiger partial charge on any atom is 0.261 e. The predicted molar refractivity (Wildman–Crippen MR) is 67.2 cm³/mol. The van der Waals surface area contributed by atoms with E-state index >= 15 is 0 Å². The molecule has 0 atom stereocenters. The van der Waals surface area contributed by atoms with Crippen LogP contribution >= 0.6 is 0 Å². The van der Waals surface area contributed by atoms with Crippen molar-refractivity contribution < 1.29 is 25.9 Å². The Morgan fingerprint density at radius 1 is 0.824 bits per heavy atom. The minimum absolute atomic E-state index is 0.715. The van der Waals surface area contributed by atoms with Gasteiger partial charge in [0.1, 0.15) is 0 Å². The summed E-state index contributed by atoms with van der Waals surface area (Å²) < 4.78 is 51.7. The molecule has 17 heavy (non-hydrogen) atoms. The summed E-state index contributed by atoms with van der Waals surface area (Å²) in [6, 6.07) is 0. The molecule has 0 amide bonds. The Morgan fingerprint density at radius 3 is 1.18 bits per heavy atom. The lowest BCUT2D eigenvalue weighted by molar-refractivity contribution is 0.385. The van der Waals surface area contributed by atoms with Crippen LogP contribution in [-0.4, -0.2) is 38.5 Å². The van der Waals surface area contributed by atoms with Gasteiger partial charge in [-0.15, -0.1) is 0 Å². The lowest BCUT2D eigenvalue weighted by atomic mass is 9.91. The van der Waals surface area contributed by atoms with Gasteiger partial charge in [0.05, 0.1) is 12.5 Å². The first kappa shape index (κ1) is 19.2. The second-order valence-corrected chi connectivity index (χ2v) is 7.14. The van der Waals surface area contributed by atoms with Gasteiger partial charge in [0, 0.05) is 0 Å². The van der Waals surface area contributed by atoms with E-state index < -0.39 is 20.2 Å². The molecule has 0 saturated heterocycles. The summed E-state index contributed by atoms with van der Waals surface area (Å²) in [5.41, 5.74) is 0. The third kappa shape index (κ3) is 49.4. The maximum atomic E-state index is 9.19. The zero-order chi connectivity index (χ0) is 14.1. The van der Waals surface area contributed by atoms with Crippen LogP contribution < -0.4 is 0 Å². The van der Waals surface area contributed by atoms with E-state index in [4.69, 9.17) is 9.11 Å². The van der Waals surface area contributed by atoms with Gasteiger partial charge in [0.2, 0.25) is 0 Å². The highest BCUT2D eigenvalue weighted by Crippen LogP contribution is 2.22. The van der Waals surface area contributed by atoms with Crippen LogP contribution in [0.5, 0.6) is 0 Å². The highest BCUT2D eigenvalue weighted by molar-refractivity contribution is 7.85.